The standard InChI is InChI=1S/C12H15BrF2O3/c1-3-12(14,15)9-6-8(13)4-5-10(9)18-7(2)11(16)17/h4-7,11,16-17H,3H2,1-2H3/t7-/m0/s1. The summed E-state index contributed by atoms with van der Waals surface area (Å²) in [4.78, 5) is 0. The van der Waals surface area contributed by atoms with Gasteiger partial charge in [-0.1, -0.05) is 22.9 Å². The van der Waals surface area contributed by atoms with Crippen molar-refractivity contribution in [1.29, 1.82) is 0 Å². The van der Waals surface area contributed by atoms with Gasteiger partial charge in [0.25, 0.3) is 5.92 Å². The molecule has 18 heavy (non-hydrogen) atoms. The zero-order chi connectivity index (χ0) is 13.9. The summed E-state index contributed by atoms with van der Waals surface area (Å²) in [6.45, 7) is 2.76. The maximum absolute atomic E-state index is 13.8. The Kier molecular flexibility index (Phi) is 5.07. The Balaban J connectivity index is 3.12. The average molecular weight is 325 g/mol. The van der Waals surface area contributed by atoms with Crippen molar-refractivity contribution in [3.63, 3.8) is 0 Å². The fraction of sp³-hybridized carbons (Fsp3) is 0.500. The molecule has 0 saturated carbocycles. The van der Waals surface area contributed by atoms with Crippen LogP contribution in [-0.4, -0.2) is 22.6 Å². The molecule has 1 rings (SSSR count). The lowest BCUT2D eigenvalue weighted by Crippen LogP contribution is -2.29. The minimum atomic E-state index is -3.03. The Morgan fingerprint density at radius 3 is 2.50 bits per heavy atom. The Morgan fingerprint density at radius 2 is 2.00 bits per heavy atom. The van der Waals surface area contributed by atoms with Crippen molar-refractivity contribution >= 4 is 15.9 Å². The van der Waals surface area contributed by atoms with Crippen LogP contribution in [0.25, 0.3) is 0 Å². The molecule has 0 unspecified atom stereocenters. The number of aliphatic hydroxyl groups excluding tert-OH is 1. The van der Waals surface area contributed by atoms with Gasteiger partial charge in [0.1, 0.15) is 11.9 Å². The Morgan fingerprint density at radius 1 is 1.39 bits per heavy atom. The smallest absolute Gasteiger partial charge is 0.276 e. The summed E-state index contributed by atoms with van der Waals surface area (Å²) >= 11 is 3.13. The second-order valence-corrected chi connectivity index (χ2v) is 4.85. The molecule has 2 N–H and O–H groups in total. The van der Waals surface area contributed by atoms with Crippen LogP contribution in [0.15, 0.2) is 22.7 Å². The molecule has 1 aromatic rings. The molecule has 0 radical (unpaired) electrons. The topological polar surface area (TPSA) is 49.7 Å². The maximum Gasteiger partial charge on any atom is 0.276 e. The Bertz CT molecular complexity index is 410. The van der Waals surface area contributed by atoms with E-state index >= 15 is 0 Å². The van der Waals surface area contributed by atoms with Gasteiger partial charge in [0.05, 0.1) is 5.56 Å². The van der Waals surface area contributed by atoms with Crippen molar-refractivity contribution in [3.05, 3.63) is 28.2 Å². The van der Waals surface area contributed by atoms with Crippen molar-refractivity contribution in [2.75, 3.05) is 0 Å². The van der Waals surface area contributed by atoms with E-state index < -0.39 is 18.3 Å². The van der Waals surface area contributed by atoms with Crippen LogP contribution in [0, 0.1) is 0 Å². The summed E-state index contributed by atoms with van der Waals surface area (Å²) in [5, 5.41) is 17.8. The number of benzene rings is 1. The molecule has 0 aliphatic heterocycles. The zero-order valence-corrected chi connectivity index (χ0v) is 11.6. The van der Waals surface area contributed by atoms with Gasteiger partial charge in [0.15, 0.2) is 6.29 Å². The van der Waals surface area contributed by atoms with E-state index in [-0.39, 0.29) is 17.7 Å². The molecule has 0 aliphatic rings. The van der Waals surface area contributed by atoms with Gasteiger partial charge < -0.3 is 14.9 Å². The SMILES string of the molecule is CCC(F)(F)c1cc(Br)ccc1O[C@@H](C)C(O)O. The molecule has 0 spiro atoms. The summed E-state index contributed by atoms with van der Waals surface area (Å²) in [7, 11) is 0. The number of aliphatic hydroxyl groups is 2. The number of ether oxygens (including phenoxy) is 1. The summed E-state index contributed by atoms with van der Waals surface area (Å²) in [6.07, 6.45) is -3.08. The van der Waals surface area contributed by atoms with E-state index in [2.05, 4.69) is 15.9 Å². The highest BCUT2D eigenvalue weighted by Crippen LogP contribution is 2.39. The summed E-state index contributed by atoms with van der Waals surface area (Å²) in [5.74, 6) is -3.08. The third kappa shape index (κ3) is 3.63. The molecule has 0 bridgehead atoms. The second-order valence-electron chi connectivity index (χ2n) is 3.94. The fourth-order valence-electron chi connectivity index (χ4n) is 1.34. The third-order valence-corrected chi connectivity index (χ3v) is 3.01. The van der Waals surface area contributed by atoms with Gasteiger partial charge in [0.2, 0.25) is 0 Å². The molecule has 1 aromatic carbocycles. The quantitative estimate of drug-likeness (QED) is 0.818. The van der Waals surface area contributed by atoms with E-state index in [1.165, 1.54) is 26.0 Å². The lowest BCUT2D eigenvalue weighted by Gasteiger charge is -2.22. The van der Waals surface area contributed by atoms with Gasteiger partial charge in [-0.2, -0.15) is 0 Å². The van der Waals surface area contributed by atoms with Gasteiger partial charge in [-0.05, 0) is 25.1 Å². The van der Waals surface area contributed by atoms with Crippen LogP contribution in [0.4, 0.5) is 8.78 Å². The zero-order valence-electron chi connectivity index (χ0n) is 10.0. The molecule has 6 heteroatoms. The van der Waals surface area contributed by atoms with Crippen molar-refractivity contribution in [2.24, 2.45) is 0 Å². The first-order valence-corrected chi connectivity index (χ1v) is 6.28. The first kappa shape index (κ1) is 15.3. The van der Waals surface area contributed by atoms with Crippen molar-refractivity contribution in [1.82, 2.24) is 0 Å². The molecule has 0 aliphatic carbocycles. The number of rotatable bonds is 5. The first-order valence-electron chi connectivity index (χ1n) is 5.48. The molecule has 0 saturated heterocycles. The largest absolute Gasteiger partial charge is 0.485 e. The van der Waals surface area contributed by atoms with Gasteiger partial charge in [-0.15, -0.1) is 0 Å². The van der Waals surface area contributed by atoms with Crippen LogP contribution in [0.2, 0.25) is 0 Å². The molecule has 0 fully saturated rings. The molecular formula is C12H15BrF2O3. The van der Waals surface area contributed by atoms with E-state index in [4.69, 9.17) is 14.9 Å². The van der Waals surface area contributed by atoms with E-state index in [1.807, 2.05) is 0 Å². The maximum atomic E-state index is 13.8. The van der Waals surface area contributed by atoms with E-state index in [1.54, 1.807) is 6.07 Å². The molecule has 102 valence electrons. The molecule has 0 aromatic heterocycles. The number of hydrogen-bond donors (Lipinski definition) is 2. The normalized spacial score (nSPS) is 13.8. The first-order chi connectivity index (χ1) is 8.27. The lowest BCUT2D eigenvalue weighted by atomic mass is 10.1. The van der Waals surface area contributed by atoms with Crippen LogP contribution in [-0.2, 0) is 5.92 Å². The lowest BCUT2D eigenvalue weighted by molar-refractivity contribution is -0.107. The Labute approximate surface area is 113 Å². The Hall–Kier alpha value is -0.720. The second kappa shape index (κ2) is 5.95. The van der Waals surface area contributed by atoms with Crippen LogP contribution in [0.5, 0.6) is 5.75 Å². The monoisotopic (exact) mass is 324 g/mol. The number of halogens is 3. The average Bonchev–Trinajstić information content (AvgIpc) is 2.31. The molecule has 0 amide bonds. The predicted octanol–water partition coefficient (Wildman–Crippen LogP) is 3.03. The summed E-state index contributed by atoms with van der Waals surface area (Å²) in [5.41, 5.74) is -0.271. The van der Waals surface area contributed by atoms with Gasteiger partial charge >= 0.3 is 0 Å². The van der Waals surface area contributed by atoms with Gasteiger partial charge in [-0.25, -0.2) is 8.78 Å². The third-order valence-electron chi connectivity index (χ3n) is 2.51. The highest BCUT2D eigenvalue weighted by molar-refractivity contribution is 9.10. The van der Waals surface area contributed by atoms with Crippen molar-refractivity contribution in [3.8, 4) is 5.75 Å². The van der Waals surface area contributed by atoms with Crippen LogP contribution in [0.1, 0.15) is 25.8 Å². The van der Waals surface area contributed by atoms with Crippen molar-refractivity contribution in [2.45, 2.75) is 38.6 Å². The molecule has 1 atom stereocenters. The summed E-state index contributed by atoms with van der Waals surface area (Å²) < 4.78 is 33.2. The number of alkyl halides is 2. The van der Waals surface area contributed by atoms with Crippen LogP contribution in [0.3, 0.4) is 0 Å². The minimum absolute atomic E-state index is 0.0503. The minimum Gasteiger partial charge on any atom is -0.485 e. The van der Waals surface area contributed by atoms with Crippen LogP contribution >= 0.6 is 15.9 Å². The fourth-order valence-corrected chi connectivity index (χ4v) is 1.70. The van der Waals surface area contributed by atoms with E-state index in [0.717, 1.165) is 0 Å². The van der Waals surface area contributed by atoms with E-state index in [0.29, 0.717) is 4.47 Å². The van der Waals surface area contributed by atoms with Crippen molar-refractivity contribution < 1.29 is 23.7 Å². The predicted molar refractivity (Wildman–Crippen MR) is 66.6 cm³/mol. The highest BCUT2D eigenvalue weighted by atomic mass is 79.9. The molecular weight excluding hydrogens is 310 g/mol. The molecule has 0 heterocycles. The highest BCUT2D eigenvalue weighted by Gasteiger charge is 2.33. The van der Waals surface area contributed by atoms with E-state index in [9.17, 15) is 8.78 Å². The number of hydrogen-bond acceptors (Lipinski definition) is 3. The van der Waals surface area contributed by atoms with Gasteiger partial charge in [0, 0.05) is 10.9 Å². The summed E-state index contributed by atoms with van der Waals surface area (Å²) in [6, 6.07) is 4.21. The molecule has 3 nitrogen and oxygen atoms in total. The van der Waals surface area contributed by atoms with Crippen LogP contribution < -0.4 is 4.74 Å². The van der Waals surface area contributed by atoms with Gasteiger partial charge in [-0.3, -0.25) is 0 Å².